The SMILES string of the molecule is COc1cc2c(cc1OC)C(c1ccc(N)c(C)c1)=NN(c1noc(=O)[nH]1)[C@H](C)C2. The Morgan fingerprint density at radius 2 is 1.93 bits per heavy atom. The highest BCUT2D eigenvalue weighted by atomic mass is 16.5. The maximum atomic E-state index is 11.5. The molecule has 0 unspecified atom stereocenters. The Morgan fingerprint density at radius 1 is 1.20 bits per heavy atom. The third-order valence-electron chi connectivity index (χ3n) is 5.19. The van der Waals surface area contributed by atoms with E-state index in [2.05, 4.69) is 10.1 Å². The Labute approximate surface area is 173 Å². The summed E-state index contributed by atoms with van der Waals surface area (Å²) in [6.45, 7) is 3.94. The van der Waals surface area contributed by atoms with Crippen molar-refractivity contribution in [2.45, 2.75) is 26.3 Å². The van der Waals surface area contributed by atoms with Gasteiger partial charge in [-0.25, -0.2) is 9.80 Å². The third-order valence-corrected chi connectivity index (χ3v) is 5.19. The molecule has 1 aromatic heterocycles. The number of hydrazone groups is 1. The number of aryl methyl sites for hydroxylation is 1. The van der Waals surface area contributed by atoms with Crippen LogP contribution >= 0.6 is 0 Å². The average molecular weight is 409 g/mol. The number of fused-ring (bicyclic) bond motifs is 1. The number of hydrogen-bond donors (Lipinski definition) is 2. The zero-order valence-electron chi connectivity index (χ0n) is 17.2. The van der Waals surface area contributed by atoms with Gasteiger partial charge in [-0.1, -0.05) is 6.07 Å². The first kappa shape index (κ1) is 19.6. The molecule has 0 amide bonds. The van der Waals surface area contributed by atoms with Crippen molar-refractivity contribution in [3.63, 3.8) is 0 Å². The molecule has 0 aliphatic carbocycles. The van der Waals surface area contributed by atoms with E-state index < -0.39 is 5.76 Å². The second kappa shape index (κ2) is 7.58. The Balaban J connectivity index is 1.97. The number of hydrogen-bond acceptors (Lipinski definition) is 8. The van der Waals surface area contributed by atoms with Crippen molar-refractivity contribution < 1.29 is 14.0 Å². The van der Waals surface area contributed by atoms with E-state index in [0.29, 0.717) is 29.3 Å². The van der Waals surface area contributed by atoms with E-state index in [-0.39, 0.29) is 12.0 Å². The number of ether oxygens (including phenoxy) is 2. The Bertz CT molecular complexity index is 1180. The van der Waals surface area contributed by atoms with Crippen LogP contribution in [0, 0.1) is 6.92 Å². The van der Waals surface area contributed by atoms with Crippen molar-refractivity contribution in [3.8, 4) is 11.5 Å². The maximum Gasteiger partial charge on any atom is 0.440 e. The molecule has 4 rings (SSSR count). The summed E-state index contributed by atoms with van der Waals surface area (Å²) >= 11 is 0. The highest BCUT2D eigenvalue weighted by Crippen LogP contribution is 2.35. The second-order valence-electron chi connectivity index (χ2n) is 7.20. The third kappa shape index (κ3) is 3.38. The van der Waals surface area contributed by atoms with Crippen molar-refractivity contribution in [2.24, 2.45) is 5.10 Å². The number of benzene rings is 2. The van der Waals surface area contributed by atoms with Gasteiger partial charge in [0.15, 0.2) is 11.5 Å². The van der Waals surface area contributed by atoms with Crippen LogP contribution < -0.4 is 26.0 Å². The van der Waals surface area contributed by atoms with Crippen LogP contribution in [0.25, 0.3) is 0 Å². The molecular weight excluding hydrogens is 386 g/mol. The zero-order chi connectivity index (χ0) is 21.4. The lowest BCUT2D eigenvalue weighted by Crippen LogP contribution is -2.30. The molecule has 1 atom stereocenters. The molecule has 0 fully saturated rings. The van der Waals surface area contributed by atoms with Gasteiger partial charge in [-0.15, -0.1) is 0 Å². The molecule has 0 bridgehead atoms. The maximum absolute atomic E-state index is 11.5. The first-order valence-corrected chi connectivity index (χ1v) is 9.47. The first-order chi connectivity index (χ1) is 14.4. The van der Waals surface area contributed by atoms with Gasteiger partial charge in [0, 0.05) is 16.8 Å². The number of anilines is 2. The molecule has 0 radical (unpaired) electrons. The highest BCUT2D eigenvalue weighted by molar-refractivity contribution is 6.15. The molecule has 1 aliphatic heterocycles. The number of methoxy groups -OCH3 is 2. The Kier molecular flexibility index (Phi) is 4.94. The molecule has 0 saturated carbocycles. The van der Waals surface area contributed by atoms with Gasteiger partial charge in [-0.05, 0) is 60.8 Å². The summed E-state index contributed by atoms with van der Waals surface area (Å²) in [4.78, 5) is 14.1. The minimum Gasteiger partial charge on any atom is -0.493 e. The van der Waals surface area contributed by atoms with E-state index >= 15 is 0 Å². The fourth-order valence-corrected chi connectivity index (χ4v) is 3.59. The molecule has 3 N–H and O–H groups in total. The van der Waals surface area contributed by atoms with Crippen molar-refractivity contribution in [3.05, 3.63) is 63.1 Å². The topological polar surface area (TPSA) is 119 Å². The number of H-pyrrole nitrogens is 1. The van der Waals surface area contributed by atoms with Crippen molar-refractivity contribution >= 4 is 17.3 Å². The van der Waals surface area contributed by atoms with Crippen LogP contribution in [0.15, 0.2) is 44.8 Å². The standard InChI is InChI=1S/C21H23N5O4/c1-11-7-13(5-6-16(11)22)19-15-10-18(29-4)17(28-3)9-14(15)8-12(2)26(24-19)20-23-21(27)30-25-20/h5-7,9-10,12H,8,22H2,1-4H3,(H,23,25,27)/t12-/m1/s1. The molecule has 9 nitrogen and oxygen atoms in total. The van der Waals surface area contributed by atoms with Crippen LogP contribution in [0.4, 0.5) is 11.6 Å². The molecule has 1 aliphatic rings. The number of nitrogen functional groups attached to an aromatic ring is 1. The summed E-state index contributed by atoms with van der Waals surface area (Å²) in [7, 11) is 3.20. The van der Waals surface area contributed by atoms with Gasteiger partial charge < -0.3 is 15.2 Å². The average Bonchev–Trinajstić information content (AvgIpc) is 3.10. The van der Waals surface area contributed by atoms with E-state index in [1.54, 1.807) is 19.2 Å². The van der Waals surface area contributed by atoms with Crippen molar-refractivity contribution in [1.82, 2.24) is 10.1 Å². The lowest BCUT2D eigenvalue weighted by Gasteiger charge is -2.21. The van der Waals surface area contributed by atoms with E-state index in [1.807, 2.05) is 44.2 Å². The van der Waals surface area contributed by atoms with Gasteiger partial charge in [0.1, 0.15) is 0 Å². The lowest BCUT2D eigenvalue weighted by molar-refractivity contribution is 0.354. The van der Waals surface area contributed by atoms with Gasteiger partial charge >= 0.3 is 5.76 Å². The van der Waals surface area contributed by atoms with Gasteiger partial charge in [0.2, 0.25) is 0 Å². The monoisotopic (exact) mass is 409 g/mol. The van der Waals surface area contributed by atoms with Gasteiger partial charge in [0.25, 0.3) is 5.95 Å². The molecule has 9 heteroatoms. The van der Waals surface area contributed by atoms with Crippen molar-refractivity contribution in [2.75, 3.05) is 25.0 Å². The van der Waals surface area contributed by atoms with Crippen molar-refractivity contribution in [1.29, 1.82) is 0 Å². The molecule has 2 heterocycles. The predicted octanol–water partition coefficient (Wildman–Crippen LogP) is 2.47. The number of aromatic nitrogens is 2. The molecular formula is C21H23N5O4. The molecule has 30 heavy (non-hydrogen) atoms. The lowest BCUT2D eigenvalue weighted by atomic mass is 9.93. The molecule has 0 saturated heterocycles. The van der Waals surface area contributed by atoms with Crippen LogP contribution in [-0.2, 0) is 6.42 Å². The number of nitrogens with zero attached hydrogens (tertiary/aromatic N) is 3. The minimum atomic E-state index is -0.637. The van der Waals surface area contributed by atoms with Gasteiger partial charge in [-0.3, -0.25) is 9.51 Å². The summed E-state index contributed by atoms with van der Waals surface area (Å²) in [5.41, 5.74) is 11.2. The van der Waals surface area contributed by atoms with Crippen LogP contribution in [0.2, 0.25) is 0 Å². The summed E-state index contributed by atoms with van der Waals surface area (Å²) in [6, 6.07) is 9.51. The Morgan fingerprint density at radius 3 is 2.57 bits per heavy atom. The number of nitrogens with one attached hydrogen (secondary N) is 1. The molecule has 156 valence electrons. The number of aromatic amines is 1. The molecule has 3 aromatic rings. The first-order valence-electron chi connectivity index (χ1n) is 9.47. The largest absolute Gasteiger partial charge is 0.493 e. The van der Waals surface area contributed by atoms with Crippen LogP contribution in [0.1, 0.15) is 29.2 Å². The Hall–Kier alpha value is -3.75. The summed E-state index contributed by atoms with van der Waals surface area (Å²) in [6.07, 6.45) is 0.630. The van der Waals surface area contributed by atoms with Gasteiger partial charge in [-0.2, -0.15) is 5.10 Å². The second-order valence-corrected chi connectivity index (χ2v) is 7.20. The zero-order valence-corrected chi connectivity index (χ0v) is 17.2. The highest BCUT2D eigenvalue weighted by Gasteiger charge is 2.28. The fourth-order valence-electron chi connectivity index (χ4n) is 3.59. The van der Waals surface area contributed by atoms with Crippen LogP contribution in [-0.4, -0.2) is 36.1 Å². The van der Waals surface area contributed by atoms with E-state index in [9.17, 15) is 4.79 Å². The van der Waals surface area contributed by atoms with E-state index in [1.165, 1.54) is 0 Å². The van der Waals surface area contributed by atoms with E-state index in [0.717, 1.165) is 22.3 Å². The summed E-state index contributed by atoms with van der Waals surface area (Å²) in [5.74, 6) is 0.845. The van der Waals surface area contributed by atoms with Crippen LogP contribution in [0.5, 0.6) is 11.5 Å². The van der Waals surface area contributed by atoms with Gasteiger partial charge in [0.05, 0.1) is 26.0 Å². The van der Waals surface area contributed by atoms with Crippen LogP contribution in [0.3, 0.4) is 0 Å². The summed E-state index contributed by atoms with van der Waals surface area (Å²) < 4.78 is 15.7. The minimum absolute atomic E-state index is 0.116. The molecule has 0 spiro atoms. The van der Waals surface area contributed by atoms with E-state index in [4.69, 9.17) is 24.8 Å². The molecule has 2 aromatic carbocycles. The normalized spacial score (nSPS) is 15.9. The summed E-state index contributed by atoms with van der Waals surface area (Å²) in [5, 5.41) is 10.4. The smallest absolute Gasteiger partial charge is 0.440 e. The predicted molar refractivity (Wildman–Crippen MR) is 114 cm³/mol. The number of rotatable bonds is 4. The quantitative estimate of drug-likeness (QED) is 0.635. The fraction of sp³-hybridized carbons (Fsp3) is 0.286. The number of nitrogens with two attached hydrogens (primary N) is 1.